The monoisotopic (exact) mass is 327 g/mol. The fraction of sp³-hybridized carbons (Fsp3) is 0.273. The Kier molecular flexibility index (Phi) is 5.50. The van der Waals surface area contributed by atoms with Gasteiger partial charge in [-0.15, -0.1) is 0 Å². The second-order valence-corrected chi connectivity index (χ2v) is 6.31. The molecular formula is C22H21N3. The van der Waals surface area contributed by atoms with Gasteiger partial charge in [-0.3, -0.25) is 0 Å². The summed E-state index contributed by atoms with van der Waals surface area (Å²) in [5.74, 6) is 0. The number of rotatable bonds is 1. The largest absolute Gasteiger partial charge is 0.371 e. The first-order valence-electron chi connectivity index (χ1n) is 8.74. The number of benzene rings is 2. The van der Waals surface area contributed by atoms with Crippen LogP contribution in [0.5, 0.6) is 0 Å². The summed E-state index contributed by atoms with van der Waals surface area (Å²) in [5.41, 5.74) is 5.75. The smallest absolute Gasteiger partial charge is 0.130 e. The highest BCUT2D eigenvalue weighted by Gasteiger charge is 2.22. The molecule has 25 heavy (non-hydrogen) atoms. The molecule has 0 saturated carbocycles. The van der Waals surface area contributed by atoms with Crippen LogP contribution in [0.25, 0.3) is 6.08 Å². The summed E-state index contributed by atoms with van der Waals surface area (Å²) in [4.78, 5) is 2.58. The minimum Gasteiger partial charge on any atom is -0.371 e. The number of nitriles is 2. The van der Waals surface area contributed by atoms with Crippen LogP contribution >= 0.6 is 0 Å². The zero-order chi connectivity index (χ0) is 17.5. The maximum Gasteiger partial charge on any atom is 0.130 e. The molecule has 0 atom stereocenters. The van der Waals surface area contributed by atoms with Gasteiger partial charge < -0.3 is 4.90 Å². The van der Waals surface area contributed by atoms with Gasteiger partial charge in [0.25, 0.3) is 0 Å². The molecule has 0 saturated heterocycles. The number of allylic oxidation sites excluding steroid dienone is 1. The zero-order valence-electron chi connectivity index (χ0n) is 14.3. The predicted molar refractivity (Wildman–Crippen MR) is 101 cm³/mol. The van der Waals surface area contributed by atoms with E-state index in [0.29, 0.717) is 0 Å². The van der Waals surface area contributed by atoms with Crippen LogP contribution in [0.4, 0.5) is 5.69 Å². The van der Waals surface area contributed by atoms with Crippen LogP contribution in [-0.4, -0.2) is 13.1 Å². The van der Waals surface area contributed by atoms with Crippen molar-refractivity contribution in [1.82, 2.24) is 0 Å². The summed E-state index contributed by atoms with van der Waals surface area (Å²) < 4.78 is 0. The molecule has 2 aromatic rings. The lowest BCUT2D eigenvalue weighted by Gasteiger charge is -2.36. The van der Waals surface area contributed by atoms with Crippen molar-refractivity contribution in [3.05, 3.63) is 70.8 Å². The van der Waals surface area contributed by atoms with E-state index in [0.717, 1.165) is 5.56 Å². The van der Waals surface area contributed by atoms with E-state index >= 15 is 0 Å². The lowest BCUT2D eigenvalue weighted by Crippen LogP contribution is -2.34. The topological polar surface area (TPSA) is 50.8 Å². The number of anilines is 1. The maximum absolute atomic E-state index is 8.45. The fourth-order valence-corrected chi connectivity index (χ4v) is 3.52. The number of hydrogen-bond donors (Lipinski definition) is 0. The second-order valence-electron chi connectivity index (χ2n) is 6.31. The Bertz CT molecular complexity index is 794. The van der Waals surface area contributed by atoms with E-state index in [1.165, 1.54) is 38.8 Å². The molecule has 2 aromatic carbocycles. The SMILES string of the molecule is N#CC(C#N)=Cc1ccccc1.c1cc2c3c(c1)CCCN3CCC2. The van der Waals surface area contributed by atoms with Crippen LogP contribution in [0, 0.1) is 22.7 Å². The maximum atomic E-state index is 8.45. The van der Waals surface area contributed by atoms with Gasteiger partial charge in [-0.2, -0.15) is 10.5 Å². The molecule has 3 heteroatoms. The van der Waals surface area contributed by atoms with E-state index in [1.807, 2.05) is 30.3 Å². The molecule has 0 aliphatic carbocycles. The van der Waals surface area contributed by atoms with Gasteiger partial charge in [0.2, 0.25) is 0 Å². The Labute approximate surface area is 149 Å². The van der Waals surface area contributed by atoms with E-state index in [4.69, 9.17) is 10.5 Å². The molecule has 3 nitrogen and oxygen atoms in total. The van der Waals surface area contributed by atoms with Gasteiger partial charge in [-0.25, -0.2) is 0 Å². The normalized spacial score (nSPS) is 14.1. The molecule has 0 radical (unpaired) electrons. The van der Waals surface area contributed by atoms with Crippen molar-refractivity contribution < 1.29 is 0 Å². The van der Waals surface area contributed by atoms with Gasteiger partial charge in [-0.05, 0) is 48.4 Å². The van der Waals surface area contributed by atoms with Crippen LogP contribution in [0.3, 0.4) is 0 Å². The van der Waals surface area contributed by atoms with Gasteiger partial charge in [0.1, 0.15) is 17.7 Å². The molecule has 0 bridgehead atoms. The van der Waals surface area contributed by atoms with Crippen LogP contribution < -0.4 is 4.90 Å². The van der Waals surface area contributed by atoms with Crippen LogP contribution in [0.15, 0.2) is 54.1 Å². The Morgan fingerprint density at radius 3 is 2.00 bits per heavy atom. The molecule has 0 N–H and O–H groups in total. The van der Waals surface area contributed by atoms with Gasteiger partial charge in [0, 0.05) is 18.8 Å². The highest BCUT2D eigenvalue weighted by atomic mass is 15.1. The highest BCUT2D eigenvalue weighted by molar-refractivity contribution is 5.63. The van der Waals surface area contributed by atoms with Crippen molar-refractivity contribution in [2.45, 2.75) is 25.7 Å². The number of hydrogen-bond acceptors (Lipinski definition) is 3. The quantitative estimate of drug-likeness (QED) is 0.725. The molecule has 4 rings (SSSR count). The van der Waals surface area contributed by atoms with Gasteiger partial charge >= 0.3 is 0 Å². The van der Waals surface area contributed by atoms with Crippen molar-refractivity contribution in [2.75, 3.05) is 18.0 Å². The van der Waals surface area contributed by atoms with E-state index in [2.05, 4.69) is 23.1 Å². The average molecular weight is 327 g/mol. The molecule has 0 unspecified atom stereocenters. The first-order valence-corrected chi connectivity index (χ1v) is 8.74. The summed E-state index contributed by atoms with van der Waals surface area (Å²) in [7, 11) is 0. The fourth-order valence-electron chi connectivity index (χ4n) is 3.52. The van der Waals surface area contributed by atoms with Crippen LogP contribution in [0.2, 0.25) is 0 Å². The number of nitrogens with zero attached hydrogens (tertiary/aromatic N) is 3. The lowest BCUT2D eigenvalue weighted by atomic mass is 9.92. The Morgan fingerprint density at radius 2 is 1.44 bits per heavy atom. The third-order valence-electron chi connectivity index (χ3n) is 4.62. The van der Waals surface area contributed by atoms with Crippen molar-refractivity contribution >= 4 is 11.8 Å². The third-order valence-corrected chi connectivity index (χ3v) is 4.62. The van der Waals surface area contributed by atoms with Crippen LogP contribution in [0.1, 0.15) is 29.5 Å². The molecule has 2 aliphatic rings. The predicted octanol–water partition coefficient (Wildman–Crippen LogP) is 4.50. The van der Waals surface area contributed by atoms with E-state index < -0.39 is 0 Å². The van der Waals surface area contributed by atoms with E-state index in [-0.39, 0.29) is 5.57 Å². The second kappa shape index (κ2) is 8.18. The average Bonchev–Trinajstić information content (AvgIpc) is 2.68. The summed E-state index contributed by atoms with van der Waals surface area (Å²) in [6.45, 7) is 2.56. The standard InChI is InChI=1S/C12H15N.C10H6N2/c1-4-10-6-2-8-13-9-3-7-11(5-1)12(10)13;11-7-10(8-12)6-9-4-2-1-3-5-9/h1,4-5H,2-3,6-9H2;1-6H. The van der Waals surface area contributed by atoms with E-state index in [1.54, 1.807) is 35.0 Å². The molecule has 2 heterocycles. The van der Waals surface area contributed by atoms with E-state index in [9.17, 15) is 0 Å². The summed E-state index contributed by atoms with van der Waals surface area (Å²) in [6.07, 6.45) is 6.83. The molecule has 124 valence electrons. The van der Waals surface area contributed by atoms with Gasteiger partial charge in [0.05, 0.1) is 0 Å². The first-order chi connectivity index (χ1) is 12.3. The molecule has 0 fully saturated rings. The summed E-state index contributed by atoms with van der Waals surface area (Å²) >= 11 is 0. The van der Waals surface area contributed by atoms with Crippen molar-refractivity contribution in [2.24, 2.45) is 0 Å². The summed E-state index contributed by atoms with van der Waals surface area (Å²) in [6, 6.07) is 19.7. The molecule has 0 spiro atoms. The summed E-state index contributed by atoms with van der Waals surface area (Å²) in [5, 5.41) is 16.9. The number of para-hydroxylation sites is 1. The van der Waals surface area contributed by atoms with Gasteiger partial charge in [-0.1, -0.05) is 48.5 Å². The highest BCUT2D eigenvalue weighted by Crippen LogP contribution is 2.34. The Morgan fingerprint density at radius 1 is 0.840 bits per heavy atom. The third kappa shape index (κ3) is 4.08. The minimum atomic E-state index is 0.126. The van der Waals surface area contributed by atoms with Gasteiger partial charge in [0.15, 0.2) is 0 Å². The number of aryl methyl sites for hydroxylation is 2. The van der Waals surface area contributed by atoms with Crippen LogP contribution in [-0.2, 0) is 12.8 Å². The lowest BCUT2D eigenvalue weighted by molar-refractivity contribution is 0.634. The minimum absolute atomic E-state index is 0.126. The Hall–Kier alpha value is -3.04. The zero-order valence-corrected chi connectivity index (χ0v) is 14.3. The molecule has 0 amide bonds. The molecule has 2 aliphatic heterocycles. The van der Waals surface area contributed by atoms with Crippen molar-refractivity contribution in [1.29, 1.82) is 10.5 Å². The Balaban J connectivity index is 0.000000147. The first kappa shape index (κ1) is 16.8. The van der Waals surface area contributed by atoms with Crippen molar-refractivity contribution in [3.63, 3.8) is 0 Å². The molecule has 0 aromatic heterocycles. The molecular weight excluding hydrogens is 306 g/mol. The van der Waals surface area contributed by atoms with Crippen molar-refractivity contribution in [3.8, 4) is 12.1 Å².